The molecule has 9 heteroatoms. The Morgan fingerprint density at radius 3 is 2.51 bits per heavy atom. The van der Waals surface area contributed by atoms with E-state index in [-0.39, 0.29) is 45.7 Å². The molecule has 0 spiro atoms. The summed E-state index contributed by atoms with van der Waals surface area (Å²) >= 11 is 1.13. The van der Waals surface area contributed by atoms with Crippen molar-refractivity contribution in [3.05, 3.63) is 50.0 Å². The average Bonchev–Trinajstić information content (AvgIpc) is 3.29. The van der Waals surface area contributed by atoms with Crippen LogP contribution in [0.25, 0.3) is 0 Å². The van der Waals surface area contributed by atoms with Crippen LogP contribution < -0.4 is 15.2 Å². The number of anilines is 1. The number of nitrogens with one attached hydrogen (secondary N) is 1. The van der Waals surface area contributed by atoms with Crippen molar-refractivity contribution in [1.82, 2.24) is 10.2 Å². The van der Waals surface area contributed by atoms with Crippen molar-refractivity contribution < 1.29 is 19.4 Å². The predicted molar refractivity (Wildman–Crippen MR) is 152 cm³/mol. The number of rotatable bonds is 6. The van der Waals surface area contributed by atoms with Gasteiger partial charge in [-0.3, -0.25) is 9.59 Å². The first kappa shape index (κ1) is 28.6. The van der Waals surface area contributed by atoms with E-state index in [0.29, 0.717) is 48.5 Å². The van der Waals surface area contributed by atoms with Gasteiger partial charge in [0, 0.05) is 29.5 Å². The second-order valence-corrected chi connectivity index (χ2v) is 12.8. The first-order valence-electron chi connectivity index (χ1n) is 13.5. The van der Waals surface area contributed by atoms with Gasteiger partial charge in [0.25, 0.3) is 5.56 Å². The van der Waals surface area contributed by atoms with E-state index in [1.165, 1.54) is 11.6 Å². The van der Waals surface area contributed by atoms with Crippen molar-refractivity contribution in [3.8, 4) is 17.7 Å². The maximum atomic E-state index is 14.2. The lowest BCUT2D eigenvalue weighted by Crippen LogP contribution is -2.48. The molecule has 1 fully saturated rings. The molecule has 1 saturated carbocycles. The molecule has 0 radical (unpaired) electrons. The molecule has 1 amide bonds. The Morgan fingerprint density at radius 2 is 1.92 bits per heavy atom. The molecule has 8 nitrogen and oxygen atoms in total. The predicted octanol–water partition coefficient (Wildman–Crippen LogP) is 5.64. The lowest BCUT2D eigenvalue weighted by Gasteiger charge is -2.40. The summed E-state index contributed by atoms with van der Waals surface area (Å²) in [6, 6.07) is 4.55. The second kappa shape index (κ2) is 11.8. The van der Waals surface area contributed by atoms with Crippen molar-refractivity contribution in [3.63, 3.8) is 0 Å². The summed E-state index contributed by atoms with van der Waals surface area (Å²) < 4.78 is 5.98. The maximum Gasteiger partial charge on any atom is 0.348 e. The van der Waals surface area contributed by atoms with Gasteiger partial charge in [0.15, 0.2) is 0 Å². The number of carboxylic acid groups (broad SMARTS) is 1. The van der Waals surface area contributed by atoms with Crippen molar-refractivity contribution in [2.45, 2.75) is 85.3 Å². The van der Waals surface area contributed by atoms with Crippen LogP contribution in [0.4, 0.5) is 5.69 Å². The molecule has 2 aliphatic rings. The lowest BCUT2D eigenvalue weighted by molar-refractivity contribution is -0.124. The van der Waals surface area contributed by atoms with Crippen LogP contribution in [0.1, 0.15) is 87.7 Å². The van der Waals surface area contributed by atoms with E-state index >= 15 is 0 Å². The average molecular weight is 552 g/mol. The van der Waals surface area contributed by atoms with E-state index < -0.39 is 5.97 Å². The van der Waals surface area contributed by atoms with Gasteiger partial charge in [0.05, 0.1) is 10.6 Å². The monoisotopic (exact) mass is 551 g/mol. The quantitative estimate of drug-likeness (QED) is 0.355. The number of carbonyl (C=O) groups is 2. The SMILES string of the molecule is CC1=CC[C@H](C(=O)N(c2cc(C#CC(C)(C)C)sc2C(=O)O)C2CCC(Oc3ccc(=O)[nH]n3)CC2)[C@@H](C)C1. The summed E-state index contributed by atoms with van der Waals surface area (Å²) in [5.74, 6) is 5.57. The third-order valence-corrected chi connectivity index (χ3v) is 8.31. The molecule has 2 aliphatic carbocycles. The van der Waals surface area contributed by atoms with Crippen molar-refractivity contribution in [2.75, 3.05) is 4.90 Å². The molecular formula is C30H37N3O5S. The Kier molecular flexibility index (Phi) is 8.65. The number of carboxylic acids is 1. The summed E-state index contributed by atoms with van der Waals surface area (Å²) in [7, 11) is 0. The summed E-state index contributed by atoms with van der Waals surface area (Å²) in [5, 5.41) is 16.4. The molecule has 2 atom stereocenters. The van der Waals surface area contributed by atoms with Crippen molar-refractivity contribution >= 4 is 28.9 Å². The van der Waals surface area contributed by atoms with E-state index in [1.54, 1.807) is 17.0 Å². The minimum Gasteiger partial charge on any atom is -0.477 e. The van der Waals surface area contributed by atoms with Crippen molar-refractivity contribution in [1.29, 1.82) is 0 Å². The fourth-order valence-corrected chi connectivity index (χ4v) is 6.17. The largest absolute Gasteiger partial charge is 0.477 e. The maximum absolute atomic E-state index is 14.2. The number of thiophene rings is 1. The van der Waals surface area contributed by atoms with E-state index in [2.05, 4.69) is 42.0 Å². The number of nitrogens with zero attached hydrogens (tertiary/aromatic N) is 2. The van der Waals surface area contributed by atoms with Crippen LogP contribution in [0.3, 0.4) is 0 Å². The lowest BCUT2D eigenvalue weighted by atomic mass is 9.79. The zero-order valence-corrected chi connectivity index (χ0v) is 24.1. The normalized spacial score (nSPS) is 23.3. The molecule has 2 heterocycles. The molecule has 0 saturated heterocycles. The van der Waals surface area contributed by atoms with Gasteiger partial charge in [-0.05, 0) is 78.2 Å². The Hall–Kier alpha value is -3.38. The van der Waals surface area contributed by atoms with Gasteiger partial charge >= 0.3 is 5.97 Å². The van der Waals surface area contributed by atoms with Gasteiger partial charge in [-0.15, -0.1) is 16.4 Å². The van der Waals surface area contributed by atoms with Gasteiger partial charge in [-0.25, -0.2) is 9.89 Å². The molecule has 39 heavy (non-hydrogen) atoms. The van der Waals surface area contributed by atoms with Crippen LogP contribution >= 0.6 is 11.3 Å². The number of carbonyl (C=O) groups excluding carboxylic acids is 1. The highest BCUT2D eigenvalue weighted by molar-refractivity contribution is 7.15. The molecule has 208 valence electrons. The van der Waals surface area contributed by atoms with Crippen LogP contribution in [0, 0.1) is 29.1 Å². The van der Waals surface area contributed by atoms with E-state index in [1.807, 2.05) is 20.8 Å². The zero-order valence-electron chi connectivity index (χ0n) is 23.2. The molecule has 2 aromatic rings. The molecule has 0 bridgehead atoms. The van der Waals surface area contributed by atoms with E-state index in [0.717, 1.165) is 17.8 Å². The smallest absolute Gasteiger partial charge is 0.348 e. The highest BCUT2D eigenvalue weighted by Gasteiger charge is 2.39. The van der Waals surface area contributed by atoms with E-state index in [9.17, 15) is 19.5 Å². The first-order valence-corrected chi connectivity index (χ1v) is 14.3. The topological polar surface area (TPSA) is 113 Å². The van der Waals surface area contributed by atoms with Crippen LogP contribution in [-0.4, -0.2) is 39.3 Å². The third kappa shape index (κ3) is 7.18. The number of amides is 1. The van der Waals surface area contributed by atoms with Crippen LogP contribution in [-0.2, 0) is 4.79 Å². The summed E-state index contributed by atoms with van der Waals surface area (Å²) in [4.78, 5) is 40.5. The number of hydrogen-bond acceptors (Lipinski definition) is 6. The third-order valence-electron chi connectivity index (χ3n) is 7.28. The van der Waals surface area contributed by atoms with Crippen molar-refractivity contribution in [2.24, 2.45) is 17.3 Å². The molecule has 2 aromatic heterocycles. The number of ether oxygens (including phenoxy) is 1. The number of aromatic carboxylic acids is 1. The number of allylic oxidation sites excluding steroid dienone is 2. The Bertz CT molecular complexity index is 1340. The molecule has 2 N–H and O–H groups in total. The second-order valence-electron chi connectivity index (χ2n) is 11.7. The standard InChI is InChI=1S/C30H37N3O5S/c1-18-6-11-23(19(2)16-18)28(35)33(24-17-22(14-15-30(3,4)5)39-27(24)29(36)37)20-7-9-21(10-8-20)38-26-13-12-25(34)31-32-26/h6,12-13,17,19-21,23H,7-11,16H2,1-5H3,(H,31,34)(H,36,37)/t19-,20?,21?,23-/m0/s1. The summed E-state index contributed by atoms with van der Waals surface area (Å²) in [6.07, 6.45) is 6.22. The van der Waals surface area contributed by atoms with Gasteiger partial charge in [0.1, 0.15) is 11.0 Å². The van der Waals surface area contributed by atoms with Gasteiger partial charge in [-0.2, -0.15) is 0 Å². The molecule has 0 aliphatic heterocycles. The number of aromatic amines is 1. The van der Waals surface area contributed by atoms with Gasteiger partial charge in [-0.1, -0.05) is 30.4 Å². The highest BCUT2D eigenvalue weighted by atomic mass is 32.1. The highest BCUT2D eigenvalue weighted by Crippen LogP contribution is 2.39. The molecular weight excluding hydrogens is 514 g/mol. The Balaban J connectivity index is 1.64. The van der Waals surface area contributed by atoms with Crippen LogP contribution in [0.15, 0.2) is 34.6 Å². The zero-order chi connectivity index (χ0) is 28.3. The fraction of sp³-hybridized carbons (Fsp3) is 0.533. The summed E-state index contributed by atoms with van der Waals surface area (Å²) in [5.41, 5.74) is 1.21. The Labute approximate surface area is 233 Å². The van der Waals surface area contributed by atoms with Crippen LogP contribution in [0.5, 0.6) is 5.88 Å². The molecule has 4 rings (SSSR count). The first-order chi connectivity index (χ1) is 18.4. The Morgan fingerprint density at radius 1 is 1.21 bits per heavy atom. The minimum absolute atomic E-state index is 0.0199. The number of aromatic nitrogens is 2. The fourth-order valence-electron chi connectivity index (χ4n) is 5.33. The van der Waals surface area contributed by atoms with Crippen LogP contribution in [0.2, 0.25) is 0 Å². The van der Waals surface area contributed by atoms with Gasteiger partial charge < -0.3 is 14.7 Å². The number of hydrogen-bond donors (Lipinski definition) is 2. The number of H-pyrrole nitrogens is 1. The molecule has 0 unspecified atom stereocenters. The molecule has 0 aromatic carbocycles. The minimum atomic E-state index is -1.05. The summed E-state index contributed by atoms with van der Waals surface area (Å²) in [6.45, 7) is 10.2. The van der Waals surface area contributed by atoms with E-state index in [4.69, 9.17) is 4.74 Å². The van der Waals surface area contributed by atoms with Gasteiger partial charge in [0.2, 0.25) is 11.8 Å².